The molecule has 0 radical (unpaired) electrons. The summed E-state index contributed by atoms with van der Waals surface area (Å²) in [7, 11) is 0. The minimum absolute atomic E-state index is 0.114. The molecule has 1 aromatic carbocycles. The van der Waals surface area contributed by atoms with Gasteiger partial charge in [0.15, 0.2) is 5.84 Å². The van der Waals surface area contributed by atoms with Crippen molar-refractivity contribution in [3.8, 4) is 0 Å². The molecular weight excluding hydrogens is 256 g/mol. The molecule has 0 unspecified atom stereocenters. The van der Waals surface area contributed by atoms with E-state index in [4.69, 9.17) is 20.4 Å². The van der Waals surface area contributed by atoms with Crippen LogP contribution in [0.5, 0.6) is 0 Å². The summed E-state index contributed by atoms with van der Waals surface area (Å²) in [6.45, 7) is 8.69. The second kappa shape index (κ2) is 8.55. The maximum Gasteiger partial charge on any atom is 0.170 e. The van der Waals surface area contributed by atoms with E-state index in [9.17, 15) is 0 Å². The average Bonchev–Trinajstić information content (AvgIpc) is 2.42. The van der Waals surface area contributed by atoms with E-state index in [0.717, 1.165) is 17.7 Å². The third kappa shape index (κ3) is 5.59. The van der Waals surface area contributed by atoms with Crippen LogP contribution in [0.2, 0.25) is 0 Å². The molecule has 0 bridgehead atoms. The average molecular weight is 280 g/mol. The summed E-state index contributed by atoms with van der Waals surface area (Å²) in [6, 6.07) is 5.62. The standard InChI is InChI=1S/C15H24N2O3/c1-11(2)9-19-6-7-20-10-14-5-4-13(8-12(14)3)15(16)17-18/h4-5,8,11,18H,6-7,9-10H2,1-3H3,(H2,16,17). The monoisotopic (exact) mass is 280 g/mol. The summed E-state index contributed by atoms with van der Waals surface area (Å²) < 4.78 is 11.0. The molecule has 0 saturated carbocycles. The van der Waals surface area contributed by atoms with Crippen LogP contribution in [0.1, 0.15) is 30.5 Å². The van der Waals surface area contributed by atoms with Crippen molar-refractivity contribution in [3.63, 3.8) is 0 Å². The van der Waals surface area contributed by atoms with Gasteiger partial charge in [-0.2, -0.15) is 0 Å². The highest BCUT2D eigenvalue weighted by Gasteiger charge is 2.04. The number of aryl methyl sites for hydroxylation is 1. The lowest BCUT2D eigenvalue weighted by Crippen LogP contribution is -2.13. The van der Waals surface area contributed by atoms with E-state index < -0.39 is 0 Å². The second-order valence-electron chi connectivity index (χ2n) is 5.15. The predicted octanol–water partition coefficient (Wildman–Crippen LogP) is 2.28. The predicted molar refractivity (Wildman–Crippen MR) is 79.0 cm³/mol. The van der Waals surface area contributed by atoms with E-state index in [1.54, 1.807) is 0 Å². The Morgan fingerprint density at radius 3 is 2.60 bits per heavy atom. The van der Waals surface area contributed by atoms with Gasteiger partial charge in [0.1, 0.15) is 0 Å². The van der Waals surface area contributed by atoms with Gasteiger partial charge in [0, 0.05) is 12.2 Å². The number of oxime groups is 1. The summed E-state index contributed by atoms with van der Waals surface area (Å²) in [4.78, 5) is 0. The number of hydrogen-bond donors (Lipinski definition) is 2. The van der Waals surface area contributed by atoms with Crippen LogP contribution in [-0.2, 0) is 16.1 Å². The number of hydrogen-bond acceptors (Lipinski definition) is 4. The Hall–Kier alpha value is -1.59. The van der Waals surface area contributed by atoms with Gasteiger partial charge in [-0.15, -0.1) is 0 Å². The lowest BCUT2D eigenvalue weighted by molar-refractivity contribution is 0.0313. The Morgan fingerprint density at radius 2 is 2.00 bits per heavy atom. The molecule has 20 heavy (non-hydrogen) atoms. The lowest BCUT2D eigenvalue weighted by atomic mass is 10.1. The van der Waals surface area contributed by atoms with Gasteiger partial charge in [-0.05, 0) is 30.0 Å². The molecule has 0 amide bonds. The van der Waals surface area contributed by atoms with Gasteiger partial charge in [0.2, 0.25) is 0 Å². The molecule has 0 aliphatic rings. The van der Waals surface area contributed by atoms with Crippen LogP contribution in [0.3, 0.4) is 0 Å². The fraction of sp³-hybridized carbons (Fsp3) is 0.533. The van der Waals surface area contributed by atoms with Crippen molar-refractivity contribution in [2.45, 2.75) is 27.4 Å². The molecule has 0 spiro atoms. The summed E-state index contributed by atoms with van der Waals surface area (Å²) in [5, 5.41) is 11.6. The highest BCUT2D eigenvalue weighted by molar-refractivity contribution is 5.97. The van der Waals surface area contributed by atoms with Gasteiger partial charge in [-0.25, -0.2) is 0 Å². The van der Waals surface area contributed by atoms with Gasteiger partial charge >= 0.3 is 0 Å². The molecule has 1 aromatic rings. The van der Waals surface area contributed by atoms with E-state index >= 15 is 0 Å². The molecule has 0 aromatic heterocycles. The fourth-order valence-electron chi connectivity index (χ4n) is 1.69. The molecule has 1 rings (SSSR count). The third-order valence-electron chi connectivity index (χ3n) is 2.83. The topological polar surface area (TPSA) is 77.1 Å². The first-order valence-electron chi connectivity index (χ1n) is 6.77. The molecule has 112 valence electrons. The summed E-state index contributed by atoms with van der Waals surface area (Å²) in [5.74, 6) is 0.658. The molecule has 5 heteroatoms. The first-order valence-corrected chi connectivity index (χ1v) is 6.77. The number of nitrogens with two attached hydrogens (primary N) is 1. The van der Waals surface area contributed by atoms with Crippen LogP contribution in [0.4, 0.5) is 0 Å². The number of nitrogens with zero attached hydrogens (tertiary/aromatic N) is 1. The Kier molecular flexibility index (Phi) is 7.04. The van der Waals surface area contributed by atoms with E-state index in [0.29, 0.717) is 31.3 Å². The minimum atomic E-state index is 0.114. The molecule has 0 saturated heterocycles. The van der Waals surface area contributed by atoms with Crippen molar-refractivity contribution in [1.82, 2.24) is 0 Å². The van der Waals surface area contributed by atoms with Crippen molar-refractivity contribution in [3.05, 3.63) is 34.9 Å². The van der Waals surface area contributed by atoms with Crippen LogP contribution < -0.4 is 5.73 Å². The van der Waals surface area contributed by atoms with Crippen molar-refractivity contribution in [1.29, 1.82) is 0 Å². The van der Waals surface area contributed by atoms with Crippen molar-refractivity contribution < 1.29 is 14.7 Å². The first-order chi connectivity index (χ1) is 9.54. The van der Waals surface area contributed by atoms with E-state index in [1.165, 1.54) is 0 Å². The normalized spacial score (nSPS) is 12.1. The second-order valence-corrected chi connectivity index (χ2v) is 5.15. The molecule has 0 aliphatic carbocycles. The maximum absolute atomic E-state index is 8.64. The quantitative estimate of drug-likeness (QED) is 0.252. The molecule has 0 fully saturated rings. The lowest BCUT2D eigenvalue weighted by Gasteiger charge is -2.10. The highest BCUT2D eigenvalue weighted by Crippen LogP contribution is 2.12. The zero-order valence-corrected chi connectivity index (χ0v) is 12.4. The largest absolute Gasteiger partial charge is 0.409 e. The van der Waals surface area contributed by atoms with E-state index in [2.05, 4.69) is 19.0 Å². The number of rotatable bonds is 8. The van der Waals surface area contributed by atoms with Gasteiger partial charge in [-0.1, -0.05) is 31.1 Å². The molecular formula is C15H24N2O3. The first kappa shape index (κ1) is 16.5. The van der Waals surface area contributed by atoms with E-state index in [-0.39, 0.29) is 5.84 Å². The molecule has 5 nitrogen and oxygen atoms in total. The van der Waals surface area contributed by atoms with Gasteiger partial charge in [-0.3, -0.25) is 0 Å². The number of ether oxygens (including phenoxy) is 2. The van der Waals surface area contributed by atoms with Crippen LogP contribution in [0.15, 0.2) is 23.4 Å². The summed E-state index contributed by atoms with van der Waals surface area (Å²) >= 11 is 0. The van der Waals surface area contributed by atoms with Gasteiger partial charge in [0.25, 0.3) is 0 Å². The van der Waals surface area contributed by atoms with E-state index in [1.807, 2.05) is 25.1 Å². The fourth-order valence-corrected chi connectivity index (χ4v) is 1.69. The van der Waals surface area contributed by atoms with Crippen LogP contribution >= 0.6 is 0 Å². The van der Waals surface area contributed by atoms with Gasteiger partial charge in [0.05, 0.1) is 19.8 Å². The summed E-state index contributed by atoms with van der Waals surface area (Å²) in [5.41, 5.74) is 8.39. The molecule has 0 atom stereocenters. The smallest absolute Gasteiger partial charge is 0.170 e. The van der Waals surface area contributed by atoms with Crippen molar-refractivity contribution in [2.24, 2.45) is 16.8 Å². The van der Waals surface area contributed by atoms with Gasteiger partial charge < -0.3 is 20.4 Å². The third-order valence-corrected chi connectivity index (χ3v) is 2.83. The Bertz CT molecular complexity index is 445. The molecule has 0 heterocycles. The SMILES string of the molecule is Cc1cc(/C(N)=N/O)ccc1COCCOCC(C)C. The zero-order chi connectivity index (χ0) is 15.0. The van der Waals surface area contributed by atoms with Crippen molar-refractivity contribution in [2.75, 3.05) is 19.8 Å². The number of benzene rings is 1. The highest BCUT2D eigenvalue weighted by atomic mass is 16.5. The van der Waals surface area contributed by atoms with Crippen molar-refractivity contribution >= 4 is 5.84 Å². The summed E-state index contributed by atoms with van der Waals surface area (Å²) in [6.07, 6.45) is 0. The molecule has 0 aliphatic heterocycles. The zero-order valence-electron chi connectivity index (χ0n) is 12.4. The Morgan fingerprint density at radius 1 is 1.30 bits per heavy atom. The minimum Gasteiger partial charge on any atom is -0.409 e. The molecule has 3 N–H and O–H groups in total. The van der Waals surface area contributed by atoms with Crippen LogP contribution in [0, 0.1) is 12.8 Å². The van der Waals surface area contributed by atoms with Crippen LogP contribution in [-0.4, -0.2) is 30.9 Å². The Balaban J connectivity index is 2.38. The van der Waals surface area contributed by atoms with Crippen LogP contribution in [0.25, 0.3) is 0 Å². The number of amidine groups is 1. The maximum atomic E-state index is 8.64. The Labute approximate surface area is 120 Å².